The van der Waals surface area contributed by atoms with Crippen molar-refractivity contribution in [1.82, 2.24) is 5.32 Å². The number of para-hydroxylation sites is 1. The molecule has 0 saturated heterocycles. The predicted molar refractivity (Wildman–Crippen MR) is 128 cm³/mol. The van der Waals surface area contributed by atoms with Crippen molar-refractivity contribution in [2.75, 3.05) is 25.7 Å². The van der Waals surface area contributed by atoms with E-state index in [4.69, 9.17) is 9.47 Å². The summed E-state index contributed by atoms with van der Waals surface area (Å²) in [4.78, 5) is 15.2. The molecule has 0 spiro atoms. The Balaban J connectivity index is 1.40. The number of carbonyl (C=O) groups excluding carboxylic acids is 1. The van der Waals surface area contributed by atoms with Crippen LogP contribution in [-0.2, 0) is 13.0 Å². The molecule has 0 fully saturated rings. The summed E-state index contributed by atoms with van der Waals surface area (Å²) in [7, 11) is 3.21. The lowest BCUT2D eigenvalue weighted by atomic mass is 10.0. The highest BCUT2D eigenvalue weighted by Crippen LogP contribution is 2.30. The van der Waals surface area contributed by atoms with E-state index in [-0.39, 0.29) is 11.9 Å². The number of rotatable bonds is 7. The number of nitrogens with zero attached hydrogens (tertiary/aromatic N) is 1. The fraction of sp³-hybridized carbons (Fsp3) is 0.296. The predicted octanol–water partition coefficient (Wildman–Crippen LogP) is 5.15. The third-order valence-corrected chi connectivity index (χ3v) is 6.05. The maximum atomic E-state index is 12.8. The number of carbonyl (C=O) groups is 1. The van der Waals surface area contributed by atoms with Gasteiger partial charge in [-0.1, -0.05) is 36.4 Å². The van der Waals surface area contributed by atoms with Crippen molar-refractivity contribution in [3.8, 4) is 11.5 Å². The number of hydrogen-bond donors (Lipinski definition) is 1. The van der Waals surface area contributed by atoms with Gasteiger partial charge in [-0.2, -0.15) is 0 Å². The van der Waals surface area contributed by atoms with Crippen LogP contribution >= 0.6 is 0 Å². The third kappa shape index (κ3) is 4.72. The molecule has 3 aromatic rings. The van der Waals surface area contributed by atoms with Crippen molar-refractivity contribution in [2.24, 2.45) is 0 Å². The SMILES string of the molecule is COc1ccc([C@@H](C)NC(=O)c2ccc(CN3CCCc4ccccc43)cc2)cc1OC. The van der Waals surface area contributed by atoms with E-state index in [0.29, 0.717) is 17.1 Å². The maximum absolute atomic E-state index is 12.8. The minimum Gasteiger partial charge on any atom is -0.493 e. The van der Waals surface area contributed by atoms with E-state index in [1.54, 1.807) is 14.2 Å². The van der Waals surface area contributed by atoms with Gasteiger partial charge in [-0.15, -0.1) is 0 Å². The van der Waals surface area contributed by atoms with Crippen LogP contribution < -0.4 is 19.7 Å². The zero-order chi connectivity index (χ0) is 22.5. The number of aryl methyl sites for hydroxylation is 1. The van der Waals surface area contributed by atoms with Gasteiger partial charge in [-0.05, 0) is 66.8 Å². The summed E-state index contributed by atoms with van der Waals surface area (Å²) in [6.45, 7) is 3.87. The molecule has 0 saturated carbocycles. The maximum Gasteiger partial charge on any atom is 0.251 e. The van der Waals surface area contributed by atoms with Crippen LogP contribution in [0.1, 0.15) is 46.4 Å². The highest BCUT2D eigenvalue weighted by Gasteiger charge is 2.17. The molecule has 1 N–H and O–H groups in total. The fourth-order valence-electron chi connectivity index (χ4n) is 4.24. The summed E-state index contributed by atoms with van der Waals surface area (Å²) >= 11 is 0. The largest absolute Gasteiger partial charge is 0.493 e. The first kappa shape index (κ1) is 21.8. The van der Waals surface area contributed by atoms with Crippen LogP contribution in [0.15, 0.2) is 66.7 Å². The van der Waals surface area contributed by atoms with Crippen molar-refractivity contribution in [3.05, 3.63) is 89.0 Å². The normalized spacial score (nSPS) is 13.8. The number of benzene rings is 3. The molecule has 1 aliphatic rings. The number of methoxy groups -OCH3 is 2. The number of fused-ring (bicyclic) bond motifs is 1. The van der Waals surface area contributed by atoms with Gasteiger partial charge in [0, 0.05) is 24.3 Å². The van der Waals surface area contributed by atoms with Gasteiger partial charge < -0.3 is 19.7 Å². The summed E-state index contributed by atoms with van der Waals surface area (Å²) in [5.41, 5.74) is 5.55. The molecule has 0 bridgehead atoms. The van der Waals surface area contributed by atoms with Crippen LogP contribution in [0.4, 0.5) is 5.69 Å². The zero-order valence-electron chi connectivity index (χ0n) is 18.9. The Morgan fingerprint density at radius 1 is 1.00 bits per heavy atom. The highest BCUT2D eigenvalue weighted by atomic mass is 16.5. The molecule has 5 nitrogen and oxygen atoms in total. The first-order valence-corrected chi connectivity index (χ1v) is 11.0. The number of hydrogen-bond acceptors (Lipinski definition) is 4. The second-order valence-corrected chi connectivity index (χ2v) is 8.16. The van der Waals surface area contributed by atoms with Gasteiger partial charge >= 0.3 is 0 Å². The monoisotopic (exact) mass is 430 g/mol. The van der Waals surface area contributed by atoms with Crippen LogP contribution in [0.2, 0.25) is 0 Å². The highest BCUT2D eigenvalue weighted by molar-refractivity contribution is 5.94. The Hall–Kier alpha value is -3.47. The summed E-state index contributed by atoms with van der Waals surface area (Å²) in [6, 6.07) is 22.1. The average molecular weight is 431 g/mol. The Morgan fingerprint density at radius 3 is 2.50 bits per heavy atom. The molecule has 0 aromatic heterocycles. The van der Waals surface area contributed by atoms with Crippen LogP contribution in [0.3, 0.4) is 0 Å². The zero-order valence-corrected chi connectivity index (χ0v) is 18.9. The first-order chi connectivity index (χ1) is 15.6. The van der Waals surface area contributed by atoms with Gasteiger partial charge in [0.25, 0.3) is 5.91 Å². The van der Waals surface area contributed by atoms with E-state index >= 15 is 0 Å². The summed E-state index contributed by atoms with van der Waals surface area (Å²) in [6.07, 6.45) is 2.32. The van der Waals surface area contributed by atoms with Crippen molar-refractivity contribution in [1.29, 1.82) is 0 Å². The molecule has 0 unspecified atom stereocenters. The van der Waals surface area contributed by atoms with E-state index in [1.807, 2.05) is 49.4 Å². The summed E-state index contributed by atoms with van der Waals surface area (Å²) in [5.74, 6) is 1.22. The topological polar surface area (TPSA) is 50.8 Å². The second-order valence-electron chi connectivity index (χ2n) is 8.16. The van der Waals surface area contributed by atoms with Gasteiger partial charge in [0.05, 0.1) is 20.3 Å². The molecule has 1 aliphatic heterocycles. The average Bonchev–Trinajstić information content (AvgIpc) is 2.84. The Morgan fingerprint density at radius 2 is 1.75 bits per heavy atom. The van der Waals surface area contributed by atoms with Crippen molar-refractivity contribution < 1.29 is 14.3 Å². The molecular weight excluding hydrogens is 400 g/mol. The molecule has 0 aliphatic carbocycles. The Labute approximate surface area is 190 Å². The number of anilines is 1. The molecule has 3 aromatic carbocycles. The standard InChI is InChI=1S/C27H30N2O3/c1-19(23-14-15-25(31-2)26(17-23)32-3)28-27(30)22-12-10-20(11-13-22)18-29-16-6-8-21-7-4-5-9-24(21)29/h4-5,7,9-15,17,19H,6,8,16,18H2,1-3H3,(H,28,30)/t19-/m1/s1. The lowest BCUT2D eigenvalue weighted by Crippen LogP contribution is -2.29. The summed E-state index contributed by atoms with van der Waals surface area (Å²) in [5, 5.41) is 3.07. The molecular formula is C27H30N2O3. The van der Waals surface area contributed by atoms with E-state index in [1.165, 1.54) is 23.2 Å². The smallest absolute Gasteiger partial charge is 0.251 e. The van der Waals surface area contributed by atoms with Crippen LogP contribution in [-0.4, -0.2) is 26.7 Å². The van der Waals surface area contributed by atoms with Crippen molar-refractivity contribution >= 4 is 11.6 Å². The number of ether oxygens (including phenoxy) is 2. The molecule has 32 heavy (non-hydrogen) atoms. The van der Waals surface area contributed by atoms with E-state index in [9.17, 15) is 4.79 Å². The molecule has 166 valence electrons. The van der Waals surface area contributed by atoms with Gasteiger partial charge in [0.15, 0.2) is 11.5 Å². The van der Waals surface area contributed by atoms with Crippen molar-refractivity contribution in [3.63, 3.8) is 0 Å². The van der Waals surface area contributed by atoms with E-state index in [0.717, 1.165) is 25.1 Å². The third-order valence-electron chi connectivity index (χ3n) is 6.05. The lowest BCUT2D eigenvalue weighted by molar-refractivity contribution is 0.0940. The minimum absolute atomic E-state index is 0.0952. The quantitative estimate of drug-likeness (QED) is 0.563. The Bertz CT molecular complexity index is 1080. The summed E-state index contributed by atoms with van der Waals surface area (Å²) < 4.78 is 10.7. The first-order valence-electron chi connectivity index (χ1n) is 11.0. The molecule has 0 radical (unpaired) electrons. The van der Waals surface area contributed by atoms with Gasteiger partial charge in [-0.25, -0.2) is 0 Å². The van der Waals surface area contributed by atoms with E-state index < -0.39 is 0 Å². The van der Waals surface area contributed by atoms with Gasteiger partial charge in [-0.3, -0.25) is 4.79 Å². The van der Waals surface area contributed by atoms with E-state index in [2.05, 4.69) is 34.5 Å². The fourth-order valence-corrected chi connectivity index (χ4v) is 4.24. The van der Waals surface area contributed by atoms with Crippen LogP contribution in [0.5, 0.6) is 11.5 Å². The Kier molecular flexibility index (Phi) is 6.64. The minimum atomic E-state index is -0.160. The lowest BCUT2D eigenvalue weighted by Gasteiger charge is -2.31. The molecule has 1 amide bonds. The van der Waals surface area contributed by atoms with Crippen LogP contribution in [0, 0.1) is 0 Å². The number of amides is 1. The van der Waals surface area contributed by atoms with Gasteiger partial charge in [0.1, 0.15) is 0 Å². The number of nitrogens with one attached hydrogen (secondary N) is 1. The molecule has 1 atom stereocenters. The molecule has 4 rings (SSSR count). The van der Waals surface area contributed by atoms with Gasteiger partial charge in [0.2, 0.25) is 0 Å². The van der Waals surface area contributed by atoms with Crippen molar-refractivity contribution in [2.45, 2.75) is 32.4 Å². The molecule has 5 heteroatoms. The van der Waals surface area contributed by atoms with Crippen LogP contribution in [0.25, 0.3) is 0 Å². The second kappa shape index (κ2) is 9.77. The molecule has 1 heterocycles.